The molecule has 1 aliphatic rings. The van der Waals surface area contributed by atoms with Crippen LogP contribution < -0.4 is 0 Å². The van der Waals surface area contributed by atoms with Gasteiger partial charge in [0.2, 0.25) is 0 Å². The number of nitrogens with zero attached hydrogens (tertiary/aromatic N) is 1. The van der Waals surface area contributed by atoms with Gasteiger partial charge in [-0.25, -0.2) is 0 Å². The minimum atomic E-state index is -0.664. The van der Waals surface area contributed by atoms with E-state index in [1.54, 1.807) is 0 Å². The summed E-state index contributed by atoms with van der Waals surface area (Å²) in [5, 5.41) is 9.15. The van der Waals surface area contributed by atoms with Crippen LogP contribution in [-0.4, -0.2) is 35.6 Å². The predicted octanol–water partition coefficient (Wildman–Crippen LogP) is 2.14. The van der Waals surface area contributed by atoms with E-state index >= 15 is 0 Å². The van der Waals surface area contributed by atoms with E-state index < -0.39 is 11.4 Å². The van der Waals surface area contributed by atoms with Crippen LogP contribution in [0.5, 0.6) is 0 Å². The Morgan fingerprint density at radius 2 is 2.27 bits per heavy atom. The maximum atomic E-state index is 11.1. The van der Waals surface area contributed by atoms with Crippen LogP contribution in [0, 0.1) is 5.41 Å². The molecule has 0 spiro atoms. The molecule has 3 heteroatoms. The third kappa shape index (κ3) is 3.34. The van der Waals surface area contributed by atoms with Crippen LogP contribution in [0.25, 0.3) is 0 Å². The van der Waals surface area contributed by atoms with Gasteiger partial charge in [0.15, 0.2) is 0 Å². The number of hydrogen-bond acceptors (Lipinski definition) is 2. The SMILES string of the molecule is C=C(C)CCN1CCCC(C)(C(=O)O)C1. The molecule has 3 nitrogen and oxygen atoms in total. The first-order chi connectivity index (χ1) is 6.94. The third-order valence-corrected chi connectivity index (χ3v) is 3.15. The van der Waals surface area contributed by atoms with Gasteiger partial charge in [0.05, 0.1) is 5.41 Å². The van der Waals surface area contributed by atoms with Crippen LogP contribution in [-0.2, 0) is 4.79 Å². The summed E-state index contributed by atoms with van der Waals surface area (Å²) in [6.45, 7) is 10.4. The third-order valence-electron chi connectivity index (χ3n) is 3.15. The standard InChI is InChI=1S/C12H21NO2/c1-10(2)5-8-13-7-4-6-12(3,9-13)11(14)15/h1,4-9H2,2-3H3,(H,14,15). The van der Waals surface area contributed by atoms with Crippen molar-refractivity contribution in [2.75, 3.05) is 19.6 Å². The van der Waals surface area contributed by atoms with Crippen molar-refractivity contribution in [2.24, 2.45) is 5.41 Å². The van der Waals surface area contributed by atoms with Crippen LogP contribution >= 0.6 is 0 Å². The molecule has 0 aliphatic carbocycles. The molecule has 1 rings (SSSR count). The Hall–Kier alpha value is -0.830. The van der Waals surface area contributed by atoms with Gasteiger partial charge in [-0.15, -0.1) is 6.58 Å². The largest absolute Gasteiger partial charge is 0.481 e. The van der Waals surface area contributed by atoms with E-state index in [9.17, 15) is 4.79 Å². The van der Waals surface area contributed by atoms with Crippen molar-refractivity contribution in [2.45, 2.75) is 33.1 Å². The summed E-state index contributed by atoms with van der Waals surface area (Å²) in [6.07, 6.45) is 2.75. The van der Waals surface area contributed by atoms with E-state index in [4.69, 9.17) is 5.11 Å². The van der Waals surface area contributed by atoms with Crippen molar-refractivity contribution < 1.29 is 9.90 Å². The lowest BCUT2D eigenvalue weighted by molar-refractivity contribution is -0.151. The fraction of sp³-hybridized carbons (Fsp3) is 0.750. The van der Waals surface area contributed by atoms with Gasteiger partial charge in [0, 0.05) is 13.1 Å². The lowest BCUT2D eigenvalue weighted by atomic mass is 9.82. The second-order valence-corrected chi connectivity index (χ2v) is 4.95. The fourth-order valence-electron chi connectivity index (χ4n) is 2.06. The zero-order valence-electron chi connectivity index (χ0n) is 9.75. The van der Waals surface area contributed by atoms with Crippen LogP contribution in [0.3, 0.4) is 0 Å². The summed E-state index contributed by atoms with van der Waals surface area (Å²) in [7, 11) is 0. The van der Waals surface area contributed by atoms with Crippen molar-refractivity contribution in [3.05, 3.63) is 12.2 Å². The summed E-state index contributed by atoms with van der Waals surface area (Å²) in [5.41, 5.74) is 0.616. The fourth-order valence-corrected chi connectivity index (χ4v) is 2.06. The van der Waals surface area contributed by atoms with Crippen LogP contribution in [0.4, 0.5) is 0 Å². The molecular weight excluding hydrogens is 190 g/mol. The van der Waals surface area contributed by atoms with Gasteiger partial charge in [-0.1, -0.05) is 5.57 Å². The highest BCUT2D eigenvalue weighted by molar-refractivity contribution is 5.74. The molecule has 1 heterocycles. The lowest BCUT2D eigenvalue weighted by Gasteiger charge is -2.37. The molecule has 1 atom stereocenters. The zero-order valence-corrected chi connectivity index (χ0v) is 9.75. The van der Waals surface area contributed by atoms with E-state index in [-0.39, 0.29) is 0 Å². The van der Waals surface area contributed by atoms with E-state index in [2.05, 4.69) is 11.5 Å². The number of carboxylic acids is 1. The van der Waals surface area contributed by atoms with Gasteiger partial charge < -0.3 is 10.0 Å². The lowest BCUT2D eigenvalue weighted by Crippen LogP contribution is -2.46. The Kier molecular flexibility index (Phi) is 3.91. The van der Waals surface area contributed by atoms with Gasteiger partial charge in [-0.2, -0.15) is 0 Å². The quantitative estimate of drug-likeness (QED) is 0.724. The number of rotatable bonds is 4. The van der Waals surface area contributed by atoms with Crippen molar-refractivity contribution in [3.8, 4) is 0 Å². The number of hydrogen-bond donors (Lipinski definition) is 1. The molecule has 0 aromatic heterocycles. The van der Waals surface area contributed by atoms with E-state index in [0.29, 0.717) is 6.54 Å². The molecule has 1 N–H and O–H groups in total. The number of likely N-dealkylation sites (tertiary alicyclic amines) is 1. The molecule has 1 unspecified atom stereocenters. The number of piperidine rings is 1. The molecule has 1 fully saturated rings. The molecule has 0 saturated carbocycles. The Balaban J connectivity index is 2.49. The highest BCUT2D eigenvalue weighted by Gasteiger charge is 2.37. The van der Waals surface area contributed by atoms with Crippen LogP contribution in [0.2, 0.25) is 0 Å². The minimum Gasteiger partial charge on any atom is -0.481 e. The predicted molar refractivity (Wildman–Crippen MR) is 60.8 cm³/mol. The first-order valence-electron chi connectivity index (χ1n) is 5.54. The Morgan fingerprint density at radius 3 is 2.80 bits per heavy atom. The second-order valence-electron chi connectivity index (χ2n) is 4.95. The first kappa shape index (κ1) is 12.2. The van der Waals surface area contributed by atoms with Gasteiger partial charge in [-0.05, 0) is 39.7 Å². The van der Waals surface area contributed by atoms with E-state index in [1.807, 2.05) is 13.8 Å². The van der Waals surface area contributed by atoms with Gasteiger partial charge >= 0.3 is 5.97 Å². The van der Waals surface area contributed by atoms with E-state index in [0.717, 1.165) is 37.9 Å². The molecule has 0 radical (unpaired) electrons. The Bertz CT molecular complexity index is 262. The van der Waals surface area contributed by atoms with Gasteiger partial charge in [0.1, 0.15) is 0 Å². The second kappa shape index (κ2) is 4.79. The average molecular weight is 211 g/mol. The highest BCUT2D eigenvalue weighted by Crippen LogP contribution is 2.29. The van der Waals surface area contributed by atoms with Crippen molar-refractivity contribution >= 4 is 5.97 Å². The topological polar surface area (TPSA) is 40.5 Å². The Labute approximate surface area is 91.8 Å². The maximum absolute atomic E-state index is 11.1. The summed E-state index contributed by atoms with van der Waals surface area (Å²) in [4.78, 5) is 13.4. The van der Waals surface area contributed by atoms with Crippen molar-refractivity contribution in [1.29, 1.82) is 0 Å². The summed E-state index contributed by atoms with van der Waals surface area (Å²) >= 11 is 0. The van der Waals surface area contributed by atoms with Gasteiger partial charge in [-0.3, -0.25) is 4.79 Å². The van der Waals surface area contributed by atoms with Crippen molar-refractivity contribution in [1.82, 2.24) is 4.90 Å². The number of carbonyl (C=O) groups is 1. The molecular formula is C12H21NO2. The molecule has 0 aromatic rings. The van der Waals surface area contributed by atoms with Gasteiger partial charge in [0.25, 0.3) is 0 Å². The normalized spacial score (nSPS) is 27.6. The molecule has 0 aromatic carbocycles. The molecule has 0 amide bonds. The monoisotopic (exact) mass is 211 g/mol. The van der Waals surface area contributed by atoms with Crippen LogP contribution in [0.1, 0.15) is 33.1 Å². The summed E-state index contributed by atoms with van der Waals surface area (Å²) in [5.74, 6) is -0.664. The number of aliphatic carboxylic acids is 1. The van der Waals surface area contributed by atoms with Crippen molar-refractivity contribution in [3.63, 3.8) is 0 Å². The minimum absolute atomic E-state index is 0.548. The highest BCUT2D eigenvalue weighted by atomic mass is 16.4. The average Bonchev–Trinajstić information content (AvgIpc) is 2.15. The number of carboxylic acid groups (broad SMARTS) is 1. The molecule has 0 bridgehead atoms. The summed E-state index contributed by atoms with van der Waals surface area (Å²) in [6, 6.07) is 0. The smallest absolute Gasteiger partial charge is 0.310 e. The molecule has 15 heavy (non-hydrogen) atoms. The Morgan fingerprint density at radius 1 is 1.60 bits per heavy atom. The van der Waals surface area contributed by atoms with E-state index in [1.165, 1.54) is 0 Å². The molecule has 1 aliphatic heterocycles. The summed E-state index contributed by atoms with van der Waals surface area (Å²) < 4.78 is 0. The zero-order chi connectivity index (χ0) is 11.5. The first-order valence-corrected chi connectivity index (χ1v) is 5.54. The van der Waals surface area contributed by atoms with Crippen LogP contribution in [0.15, 0.2) is 12.2 Å². The molecule has 1 saturated heterocycles. The maximum Gasteiger partial charge on any atom is 0.310 e. The molecule has 86 valence electrons.